The molecule has 3 rings (SSSR count). The monoisotopic (exact) mass is 529 g/mol. The van der Waals surface area contributed by atoms with Gasteiger partial charge in [-0.15, -0.1) is 0 Å². The van der Waals surface area contributed by atoms with E-state index in [9.17, 15) is 18.0 Å². The zero-order chi connectivity index (χ0) is 26.1. The van der Waals surface area contributed by atoms with E-state index in [0.29, 0.717) is 16.3 Å². The highest BCUT2D eigenvalue weighted by molar-refractivity contribution is 7.92. The molecule has 11 heteroatoms. The van der Waals surface area contributed by atoms with Gasteiger partial charge in [0.25, 0.3) is 15.9 Å². The van der Waals surface area contributed by atoms with Crippen LogP contribution < -0.4 is 14.5 Å². The number of hydrogen-bond acceptors (Lipinski definition) is 7. The zero-order valence-corrected chi connectivity index (χ0v) is 21.1. The summed E-state index contributed by atoms with van der Waals surface area (Å²) in [7, 11) is -2.79. The number of hydrogen-bond donors (Lipinski definition) is 1. The number of sulfonamides is 1. The average molecular weight is 530 g/mol. The Balaban J connectivity index is 1.72. The predicted octanol–water partition coefficient (Wildman–Crippen LogP) is 3.55. The highest BCUT2D eigenvalue weighted by Gasteiger charge is 2.27. The van der Waals surface area contributed by atoms with Crippen LogP contribution in [-0.4, -0.2) is 46.8 Å². The van der Waals surface area contributed by atoms with Crippen LogP contribution in [0.4, 0.5) is 5.69 Å². The quantitative estimate of drug-likeness (QED) is 0.244. The van der Waals surface area contributed by atoms with E-state index in [1.165, 1.54) is 31.5 Å². The summed E-state index contributed by atoms with van der Waals surface area (Å²) < 4.78 is 37.4. The van der Waals surface area contributed by atoms with E-state index in [-0.39, 0.29) is 17.2 Å². The normalized spacial score (nSPS) is 11.2. The van der Waals surface area contributed by atoms with Crippen molar-refractivity contribution in [2.24, 2.45) is 5.10 Å². The fraction of sp³-hybridized carbons (Fsp3) is 0.160. The van der Waals surface area contributed by atoms with Crippen LogP contribution in [-0.2, 0) is 24.3 Å². The Hall–Kier alpha value is -3.89. The van der Waals surface area contributed by atoms with Gasteiger partial charge in [0, 0.05) is 5.02 Å². The van der Waals surface area contributed by atoms with Crippen LogP contribution in [0.5, 0.6) is 5.75 Å². The van der Waals surface area contributed by atoms with Crippen molar-refractivity contribution in [1.82, 2.24) is 5.43 Å². The number of amides is 1. The first-order chi connectivity index (χ1) is 17.2. The number of carbonyl (C=O) groups is 2. The molecule has 3 aromatic carbocycles. The summed E-state index contributed by atoms with van der Waals surface area (Å²) in [4.78, 5) is 23.8. The molecular weight excluding hydrogens is 506 g/mol. The molecule has 0 aliphatic carbocycles. The van der Waals surface area contributed by atoms with E-state index in [2.05, 4.69) is 15.3 Å². The lowest BCUT2D eigenvalue weighted by Gasteiger charge is -2.24. The van der Waals surface area contributed by atoms with Crippen LogP contribution in [0.2, 0.25) is 5.02 Å². The van der Waals surface area contributed by atoms with Gasteiger partial charge in [-0.1, -0.05) is 35.9 Å². The van der Waals surface area contributed by atoms with Gasteiger partial charge >= 0.3 is 5.97 Å². The van der Waals surface area contributed by atoms with E-state index in [0.717, 1.165) is 9.87 Å². The number of ether oxygens (including phenoxy) is 2. The Morgan fingerprint density at radius 2 is 1.75 bits per heavy atom. The zero-order valence-electron chi connectivity index (χ0n) is 19.5. The third-order valence-corrected chi connectivity index (χ3v) is 7.12. The second-order valence-corrected chi connectivity index (χ2v) is 9.75. The fourth-order valence-corrected chi connectivity index (χ4v) is 4.58. The highest BCUT2D eigenvalue weighted by Crippen LogP contribution is 2.27. The molecule has 0 spiro atoms. The lowest BCUT2D eigenvalue weighted by molar-refractivity contribution is -0.142. The number of methoxy groups -OCH3 is 1. The van der Waals surface area contributed by atoms with Crippen molar-refractivity contribution in [3.63, 3.8) is 0 Å². The standard InChI is InChI=1S/C25H24ClN3O6S/c1-18-8-11-20(14-23(18)26)29(36(32,33)22-6-4-3-5-7-22)16-24(30)28-27-15-19-9-12-21(13-10-19)35-17-25(31)34-2/h3-15H,16-17H2,1-2H3,(H,28,30)/b27-15-. The molecule has 0 unspecified atom stereocenters. The van der Waals surface area contributed by atoms with Gasteiger partial charge in [0.05, 0.1) is 23.9 Å². The van der Waals surface area contributed by atoms with Gasteiger partial charge < -0.3 is 9.47 Å². The summed E-state index contributed by atoms with van der Waals surface area (Å²) >= 11 is 6.22. The third-order valence-electron chi connectivity index (χ3n) is 4.93. The topological polar surface area (TPSA) is 114 Å². The fourth-order valence-electron chi connectivity index (χ4n) is 2.97. The van der Waals surface area contributed by atoms with Crippen LogP contribution >= 0.6 is 11.6 Å². The molecule has 0 heterocycles. The van der Waals surface area contributed by atoms with E-state index in [1.54, 1.807) is 61.5 Å². The number of hydrazone groups is 1. The molecule has 0 aromatic heterocycles. The second kappa shape index (κ2) is 12.2. The van der Waals surface area contributed by atoms with E-state index >= 15 is 0 Å². The average Bonchev–Trinajstić information content (AvgIpc) is 2.88. The van der Waals surface area contributed by atoms with E-state index in [4.69, 9.17) is 16.3 Å². The molecule has 1 amide bonds. The van der Waals surface area contributed by atoms with Crippen molar-refractivity contribution in [3.05, 3.63) is 88.9 Å². The van der Waals surface area contributed by atoms with Gasteiger partial charge in [-0.05, 0) is 66.6 Å². The molecule has 0 fully saturated rings. The number of rotatable bonds is 10. The van der Waals surface area contributed by atoms with Crippen molar-refractivity contribution in [2.75, 3.05) is 24.6 Å². The summed E-state index contributed by atoms with van der Waals surface area (Å²) in [6, 6.07) is 19.2. The Morgan fingerprint density at radius 3 is 2.39 bits per heavy atom. The number of benzene rings is 3. The predicted molar refractivity (Wildman–Crippen MR) is 137 cm³/mol. The molecule has 0 atom stereocenters. The number of carbonyl (C=O) groups excluding carboxylic acids is 2. The van der Waals surface area contributed by atoms with Gasteiger partial charge in [0.2, 0.25) is 0 Å². The number of aryl methyl sites for hydroxylation is 1. The molecule has 0 aliphatic heterocycles. The minimum Gasteiger partial charge on any atom is -0.482 e. The third kappa shape index (κ3) is 7.06. The van der Waals surface area contributed by atoms with Crippen LogP contribution in [0.1, 0.15) is 11.1 Å². The molecule has 3 aromatic rings. The molecule has 36 heavy (non-hydrogen) atoms. The Kier molecular flexibility index (Phi) is 9.04. The highest BCUT2D eigenvalue weighted by atomic mass is 35.5. The van der Waals surface area contributed by atoms with Crippen LogP contribution in [0.3, 0.4) is 0 Å². The summed E-state index contributed by atoms with van der Waals surface area (Å²) in [5, 5.41) is 4.28. The van der Waals surface area contributed by atoms with Crippen molar-refractivity contribution in [2.45, 2.75) is 11.8 Å². The molecule has 0 radical (unpaired) electrons. The molecule has 9 nitrogen and oxygen atoms in total. The maximum absolute atomic E-state index is 13.3. The van der Waals surface area contributed by atoms with Crippen molar-refractivity contribution >= 4 is 45.4 Å². The van der Waals surface area contributed by atoms with Crippen LogP contribution in [0.25, 0.3) is 0 Å². The first kappa shape index (κ1) is 26.7. The summed E-state index contributed by atoms with van der Waals surface area (Å²) in [5.41, 5.74) is 4.00. The second-order valence-electron chi connectivity index (χ2n) is 7.49. The van der Waals surface area contributed by atoms with Gasteiger partial charge in [-0.2, -0.15) is 5.10 Å². The number of esters is 1. The molecular formula is C25H24ClN3O6S. The number of anilines is 1. The number of nitrogens with zero attached hydrogens (tertiary/aromatic N) is 2. The lowest BCUT2D eigenvalue weighted by Crippen LogP contribution is -2.39. The molecule has 0 aliphatic rings. The van der Waals surface area contributed by atoms with Gasteiger partial charge in [-0.3, -0.25) is 9.10 Å². The smallest absolute Gasteiger partial charge is 0.343 e. The van der Waals surface area contributed by atoms with Gasteiger partial charge in [-0.25, -0.2) is 18.6 Å². The summed E-state index contributed by atoms with van der Waals surface area (Å²) in [6.45, 7) is 1.06. The lowest BCUT2D eigenvalue weighted by atomic mass is 10.2. The minimum absolute atomic E-state index is 0.0347. The van der Waals surface area contributed by atoms with Gasteiger partial charge in [0.15, 0.2) is 6.61 Å². The molecule has 1 N–H and O–H groups in total. The van der Waals surface area contributed by atoms with Crippen LogP contribution in [0, 0.1) is 6.92 Å². The SMILES string of the molecule is COC(=O)COc1ccc(/C=N\NC(=O)CN(c2ccc(C)c(Cl)c2)S(=O)(=O)c2ccccc2)cc1. The van der Waals surface area contributed by atoms with Crippen molar-refractivity contribution < 1.29 is 27.5 Å². The number of halogens is 1. The maximum atomic E-state index is 13.3. The molecule has 0 bridgehead atoms. The Bertz CT molecular complexity index is 1350. The molecule has 188 valence electrons. The van der Waals surface area contributed by atoms with Crippen molar-refractivity contribution in [1.29, 1.82) is 0 Å². The van der Waals surface area contributed by atoms with E-state index < -0.39 is 28.4 Å². The van der Waals surface area contributed by atoms with E-state index in [1.807, 2.05) is 0 Å². The Morgan fingerprint density at radius 1 is 1.06 bits per heavy atom. The van der Waals surface area contributed by atoms with Crippen molar-refractivity contribution in [3.8, 4) is 5.75 Å². The Labute approximate surface area is 214 Å². The van der Waals surface area contributed by atoms with Gasteiger partial charge in [0.1, 0.15) is 12.3 Å². The first-order valence-corrected chi connectivity index (χ1v) is 12.5. The number of nitrogens with one attached hydrogen (secondary N) is 1. The molecule has 0 saturated carbocycles. The first-order valence-electron chi connectivity index (χ1n) is 10.7. The molecule has 0 saturated heterocycles. The minimum atomic E-state index is -4.06. The summed E-state index contributed by atoms with van der Waals surface area (Å²) in [5.74, 6) is -0.694. The largest absolute Gasteiger partial charge is 0.482 e. The summed E-state index contributed by atoms with van der Waals surface area (Å²) in [6.07, 6.45) is 1.39. The van der Waals surface area contributed by atoms with Crippen LogP contribution in [0.15, 0.2) is 82.8 Å². The maximum Gasteiger partial charge on any atom is 0.343 e.